The molecular formula is C15H17F2NO. The second-order valence-corrected chi connectivity index (χ2v) is 4.56. The molecule has 0 aliphatic carbocycles. The van der Waals surface area contributed by atoms with E-state index in [1.54, 1.807) is 6.26 Å². The molecule has 1 aromatic heterocycles. The molecule has 1 unspecified atom stereocenters. The Morgan fingerprint density at radius 3 is 2.63 bits per heavy atom. The monoisotopic (exact) mass is 265 g/mol. The van der Waals surface area contributed by atoms with Gasteiger partial charge in [0.15, 0.2) is 0 Å². The molecule has 0 spiro atoms. The second-order valence-electron chi connectivity index (χ2n) is 4.56. The Hall–Kier alpha value is -1.68. The van der Waals surface area contributed by atoms with Crippen molar-refractivity contribution in [2.45, 2.75) is 25.2 Å². The third-order valence-electron chi connectivity index (χ3n) is 3.24. The zero-order valence-electron chi connectivity index (χ0n) is 10.6. The van der Waals surface area contributed by atoms with Crippen LogP contribution >= 0.6 is 0 Å². The van der Waals surface area contributed by atoms with Crippen molar-refractivity contribution >= 4 is 0 Å². The molecule has 0 aliphatic heterocycles. The summed E-state index contributed by atoms with van der Waals surface area (Å²) in [5, 5.41) is 0. The largest absolute Gasteiger partial charge is 0.469 e. The van der Waals surface area contributed by atoms with Crippen LogP contribution in [0.25, 0.3) is 0 Å². The summed E-state index contributed by atoms with van der Waals surface area (Å²) in [4.78, 5) is 0. The Labute approximate surface area is 111 Å². The fourth-order valence-corrected chi connectivity index (χ4v) is 2.26. The number of hydrogen-bond donors (Lipinski definition) is 1. The van der Waals surface area contributed by atoms with Gasteiger partial charge in [0.1, 0.15) is 17.4 Å². The van der Waals surface area contributed by atoms with Crippen LogP contribution < -0.4 is 5.73 Å². The van der Waals surface area contributed by atoms with Gasteiger partial charge >= 0.3 is 0 Å². The normalized spacial score (nSPS) is 12.6. The molecule has 2 N–H and O–H groups in total. The van der Waals surface area contributed by atoms with Crippen LogP contribution in [0.4, 0.5) is 8.78 Å². The number of benzene rings is 1. The van der Waals surface area contributed by atoms with Crippen LogP contribution in [0.1, 0.15) is 30.1 Å². The Kier molecular flexibility index (Phi) is 4.68. The van der Waals surface area contributed by atoms with Crippen LogP contribution in [0.15, 0.2) is 41.0 Å². The van der Waals surface area contributed by atoms with Gasteiger partial charge in [0, 0.05) is 12.5 Å². The van der Waals surface area contributed by atoms with Gasteiger partial charge in [-0.05, 0) is 49.1 Å². The van der Waals surface area contributed by atoms with Crippen LogP contribution in [0, 0.1) is 11.6 Å². The SMILES string of the molecule is NCCC(CCc1ccco1)c1ccc(F)cc1F. The van der Waals surface area contributed by atoms with Gasteiger partial charge < -0.3 is 10.2 Å². The Morgan fingerprint density at radius 2 is 2.00 bits per heavy atom. The van der Waals surface area contributed by atoms with Gasteiger partial charge in [-0.3, -0.25) is 0 Å². The molecule has 1 aromatic carbocycles. The summed E-state index contributed by atoms with van der Waals surface area (Å²) in [7, 11) is 0. The van der Waals surface area contributed by atoms with Crippen molar-refractivity contribution in [1.29, 1.82) is 0 Å². The quantitative estimate of drug-likeness (QED) is 0.866. The molecule has 0 aliphatic rings. The summed E-state index contributed by atoms with van der Waals surface area (Å²) in [5.74, 6) is -0.211. The molecular weight excluding hydrogens is 248 g/mol. The summed E-state index contributed by atoms with van der Waals surface area (Å²) in [5.41, 5.74) is 6.10. The van der Waals surface area contributed by atoms with Crippen molar-refractivity contribution in [3.63, 3.8) is 0 Å². The summed E-state index contributed by atoms with van der Waals surface area (Å²) in [6, 6.07) is 7.43. The molecule has 0 radical (unpaired) electrons. The van der Waals surface area contributed by atoms with Gasteiger partial charge in [-0.15, -0.1) is 0 Å². The molecule has 0 fully saturated rings. The van der Waals surface area contributed by atoms with Crippen molar-refractivity contribution in [3.8, 4) is 0 Å². The van der Waals surface area contributed by atoms with Crippen LogP contribution in [0.2, 0.25) is 0 Å². The van der Waals surface area contributed by atoms with Crippen LogP contribution in [-0.2, 0) is 6.42 Å². The minimum atomic E-state index is -0.557. The zero-order valence-corrected chi connectivity index (χ0v) is 10.6. The van der Waals surface area contributed by atoms with Crippen molar-refractivity contribution in [3.05, 3.63) is 59.6 Å². The highest BCUT2D eigenvalue weighted by molar-refractivity contribution is 5.23. The first-order valence-corrected chi connectivity index (χ1v) is 6.38. The number of nitrogens with two attached hydrogens (primary N) is 1. The maximum Gasteiger partial charge on any atom is 0.129 e. The zero-order chi connectivity index (χ0) is 13.7. The lowest BCUT2D eigenvalue weighted by molar-refractivity contribution is 0.469. The molecule has 1 atom stereocenters. The number of furan rings is 1. The van der Waals surface area contributed by atoms with Gasteiger partial charge in [0.2, 0.25) is 0 Å². The lowest BCUT2D eigenvalue weighted by Gasteiger charge is -2.16. The number of hydrogen-bond acceptors (Lipinski definition) is 2. The van der Waals surface area contributed by atoms with E-state index in [1.807, 2.05) is 12.1 Å². The standard InChI is InChI=1S/C15H17F2NO/c16-12-4-6-14(15(17)10-12)11(7-8-18)3-5-13-2-1-9-19-13/h1-2,4,6,9-11H,3,5,7-8,18H2. The maximum atomic E-state index is 13.8. The van der Waals surface area contributed by atoms with Crippen LogP contribution in [0.3, 0.4) is 0 Å². The van der Waals surface area contributed by atoms with E-state index in [1.165, 1.54) is 12.1 Å². The molecule has 19 heavy (non-hydrogen) atoms. The average molecular weight is 265 g/mol. The molecule has 102 valence electrons. The maximum absolute atomic E-state index is 13.8. The molecule has 0 saturated carbocycles. The molecule has 2 aromatic rings. The lowest BCUT2D eigenvalue weighted by atomic mass is 9.90. The minimum absolute atomic E-state index is 0.0179. The Bertz CT molecular complexity index is 511. The third kappa shape index (κ3) is 3.64. The topological polar surface area (TPSA) is 39.2 Å². The van der Waals surface area contributed by atoms with E-state index in [0.29, 0.717) is 24.9 Å². The predicted octanol–water partition coefficient (Wildman–Crippen LogP) is 3.62. The van der Waals surface area contributed by atoms with Crippen molar-refractivity contribution in [2.75, 3.05) is 6.54 Å². The first-order valence-electron chi connectivity index (χ1n) is 6.38. The smallest absolute Gasteiger partial charge is 0.129 e. The summed E-state index contributed by atoms with van der Waals surface area (Å²) >= 11 is 0. The van der Waals surface area contributed by atoms with Gasteiger partial charge in [0.25, 0.3) is 0 Å². The van der Waals surface area contributed by atoms with E-state index < -0.39 is 11.6 Å². The number of aryl methyl sites for hydroxylation is 1. The fourth-order valence-electron chi connectivity index (χ4n) is 2.26. The molecule has 0 amide bonds. The Morgan fingerprint density at radius 1 is 1.16 bits per heavy atom. The van der Waals surface area contributed by atoms with Crippen molar-refractivity contribution in [2.24, 2.45) is 5.73 Å². The van der Waals surface area contributed by atoms with Crippen molar-refractivity contribution < 1.29 is 13.2 Å². The summed E-state index contributed by atoms with van der Waals surface area (Å²) < 4.78 is 32.0. The lowest BCUT2D eigenvalue weighted by Crippen LogP contribution is -2.10. The molecule has 0 bridgehead atoms. The summed E-state index contributed by atoms with van der Waals surface area (Å²) in [6.07, 6.45) is 3.73. The average Bonchev–Trinajstić information content (AvgIpc) is 2.88. The summed E-state index contributed by atoms with van der Waals surface area (Å²) in [6.45, 7) is 0.472. The number of halogens is 2. The van der Waals surface area contributed by atoms with Gasteiger partial charge in [0.05, 0.1) is 6.26 Å². The highest BCUT2D eigenvalue weighted by atomic mass is 19.1. The van der Waals surface area contributed by atoms with Crippen LogP contribution in [-0.4, -0.2) is 6.54 Å². The third-order valence-corrected chi connectivity index (χ3v) is 3.24. The number of rotatable bonds is 6. The molecule has 1 heterocycles. The first-order chi connectivity index (χ1) is 9.20. The predicted molar refractivity (Wildman–Crippen MR) is 69.8 cm³/mol. The van der Waals surface area contributed by atoms with E-state index in [4.69, 9.17) is 10.2 Å². The molecule has 2 nitrogen and oxygen atoms in total. The molecule has 4 heteroatoms. The highest BCUT2D eigenvalue weighted by Gasteiger charge is 2.16. The second kappa shape index (κ2) is 6.48. The van der Waals surface area contributed by atoms with Gasteiger partial charge in [-0.25, -0.2) is 8.78 Å². The van der Waals surface area contributed by atoms with E-state index in [-0.39, 0.29) is 5.92 Å². The van der Waals surface area contributed by atoms with E-state index in [9.17, 15) is 8.78 Å². The minimum Gasteiger partial charge on any atom is -0.469 e. The van der Waals surface area contributed by atoms with Crippen LogP contribution in [0.5, 0.6) is 0 Å². The van der Waals surface area contributed by atoms with Gasteiger partial charge in [-0.2, -0.15) is 0 Å². The fraction of sp³-hybridized carbons (Fsp3) is 0.333. The molecule has 2 rings (SSSR count). The van der Waals surface area contributed by atoms with E-state index in [2.05, 4.69) is 0 Å². The Balaban J connectivity index is 2.10. The first kappa shape index (κ1) is 13.7. The molecule has 0 saturated heterocycles. The van der Waals surface area contributed by atoms with E-state index >= 15 is 0 Å². The van der Waals surface area contributed by atoms with Gasteiger partial charge in [-0.1, -0.05) is 6.07 Å². The highest BCUT2D eigenvalue weighted by Crippen LogP contribution is 2.27. The van der Waals surface area contributed by atoms with E-state index in [0.717, 1.165) is 18.2 Å². The van der Waals surface area contributed by atoms with Crippen molar-refractivity contribution in [1.82, 2.24) is 0 Å².